The van der Waals surface area contributed by atoms with Gasteiger partial charge in [0.2, 0.25) is 0 Å². The molecule has 4 nitrogen and oxygen atoms in total. The molecule has 1 saturated heterocycles. The Hall–Kier alpha value is 0.220. The Balaban J connectivity index is 1.98. The highest BCUT2D eigenvalue weighted by molar-refractivity contribution is 8.00. The molecule has 1 saturated carbocycles. The van der Waals surface area contributed by atoms with Crippen LogP contribution in [0.5, 0.6) is 0 Å². The normalized spacial score (nSPS) is 32.9. The lowest BCUT2D eigenvalue weighted by Crippen LogP contribution is -2.59. The number of nitrogens with one attached hydrogen (secondary N) is 1. The van der Waals surface area contributed by atoms with E-state index in [0.29, 0.717) is 12.0 Å². The topological polar surface area (TPSA) is 49.4 Å². The van der Waals surface area contributed by atoms with E-state index in [0.717, 1.165) is 31.0 Å². The van der Waals surface area contributed by atoms with Crippen LogP contribution in [0.15, 0.2) is 0 Å². The van der Waals surface area contributed by atoms with Crippen LogP contribution in [0.1, 0.15) is 33.6 Å². The Morgan fingerprint density at radius 3 is 2.50 bits per heavy atom. The van der Waals surface area contributed by atoms with Gasteiger partial charge in [0.15, 0.2) is 9.84 Å². The zero-order chi connectivity index (χ0) is 15.0. The zero-order valence-corrected chi connectivity index (χ0v) is 14.7. The lowest BCUT2D eigenvalue weighted by Gasteiger charge is -2.49. The van der Waals surface area contributed by atoms with Crippen molar-refractivity contribution in [2.75, 3.05) is 30.9 Å². The first-order valence-electron chi connectivity index (χ1n) is 7.46. The van der Waals surface area contributed by atoms with Crippen LogP contribution in [0.4, 0.5) is 0 Å². The number of rotatable bonds is 4. The molecule has 2 fully saturated rings. The molecule has 118 valence electrons. The minimum atomic E-state index is -2.98. The van der Waals surface area contributed by atoms with Crippen LogP contribution in [-0.4, -0.2) is 61.1 Å². The van der Waals surface area contributed by atoms with E-state index in [1.165, 1.54) is 12.7 Å². The summed E-state index contributed by atoms with van der Waals surface area (Å²) < 4.78 is 24.0. The molecule has 0 aromatic carbocycles. The first-order chi connectivity index (χ1) is 9.18. The van der Waals surface area contributed by atoms with Crippen molar-refractivity contribution in [1.82, 2.24) is 10.2 Å². The predicted octanol–water partition coefficient (Wildman–Crippen LogP) is 1.57. The van der Waals surface area contributed by atoms with Crippen molar-refractivity contribution < 1.29 is 8.42 Å². The Morgan fingerprint density at radius 1 is 1.30 bits per heavy atom. The first kappa shape index (κ1) is 16.6. The summed E-state index contributed by atoms with van der Waals surface area (Å²) in [4.78, 5) is 2.27. The molecule has 1 aliphatic heterocycles. The van der Waals surface area contributed by atoms with Crippen LogP contribution in [0.2, 0.25) is 0 Å². The number of sulfone groups is 1. The lowest BCUT2D eigenvalue weighted by molar-refractivity contribution is 0.0551. The van der Waals surface area contributed by atoms with Gasteiger partial charge in [-0.1, -0.05) is 0 Å². The largest absolute Gasteiger partial charge is 0.312 e. The van der Waals surface area contributed by atoms with E-state index >= 15 is 0 Å². The number of hydrogen-bond acceptors (Lipinski definition) is 5. The third-order valence-corrected chi connectivity index (χ3v) is 6.98. The molecule has 3 atom stereocenters. The van der Waals surface area contributed by atoms with Gasteiger partial charge in [0, 0.05) is 35.9 Å². The van der Waals surface area contributed by atoms with E-state index < -0.39 is 9.84 Å². The van der Waals surface area contributed by atoms with Crippen LogP contribution >= 0.6 is 11.8 Å². The Morgan fingerprint density at radius 2 is 2.00 bits per heavy atom. The van der Waals surface area contributed by atoms with Crippen molar-refractivity contribution >= 4 is 21.6 Å². The first-order valence-corrected chi connectivity index (χ1v) is 10.6. The predicted molar refractivity (Wildman–Crippen MR) is 86.9 cm³/mol. The monoisotopic (exact) mass is 320 g/mol. The van der Waals surface area contributed by atoms with Gasteiger partial charge >= 0.3 is 0 Å². The van der Waals surface area contributed by atoms with Crippen LogP contribution in [0, 0.1) is 5.92 Å². The van der Waals surface area contributed by atoms with Crippen LogP contribution < -0.4 is 5.32 Å². The molecule has 1 heterocycles. The van der Waals surface area contributed by atoms with Crippen molar-refractivity contribution in [2.24, 2.45) is 5.92 Å². The summed E-state index contributed by atoms with van der Waals surface area (Å²) in [5.74, 6) is 2.39. The lowest BCUT2D eigenvalue weighted by atomic mass is 9.78. The highest BCUT2D eigenvalue weighted by atomic mass is 32.2. The third kappa shape index (κ3) is 4.12. The average Bonchev–Trinajstić information content (AvgIpc) is 2.25. The van der Waals surface area contributed by atoms with Gasteiger partial charge in [-0.3, -0.25) is 4.90 Å². The fourth-order valence-corrected chi connectivity index (χ4v) is 5.94. The van der Waals surface area contributed by atoms with E-state index in [1.807, 2.05) is 0 Å². The second-order valence-corrected chi connectivity index (χ2v) is 10.5. The molecule has 0 aromatic rings. The summed E-state index contributed by atoms with van der Waals surface area (Å²) >= 11 is 1.77. The van der Waals surface area contributed by atoms with Gasteiger partial charge in [0.1, 0.15) is 5.37 Å². The van der Waals surface area contributed by atoms with Crippen LogP contribution in [0.25, 0.3) is 0 Å². The van der Waals surface area contributed by atoms with Crippen molar-refractivity contribution in [2.45, 2.75) is 50.6 Å². The van der Waals surface area contributed by atoms with Crippen molar-refractivity contribution in [1.29, 1.82) is 0 Å². The molecular formula is C14H28N2O2S2. The maximum atomic E-state index is 12.0. The molecule has 1 aliphatic carbocycles. The van der Waals surface area contributed by atoms with Gasteiger partial charge in [0.05, 0.1) is 0 Å². The van der Waals surface area contributed by atoms with Crippen LogP contribution in [0.3, 0.4) is 0 Å². The molecule has 1 N–H and O–H groups in total. The Bertz CT molecular complexity index is 431. The Kier molecular flexibility index (Phi) is 5.10. The third-order valence-electron chi connectivity index (χ3n) is 4.32. The highest BCUT2D eigenvalue weighted by Gasteiger charge is 2.42. The maximum Gasteiger partial charge on any atom is 0.164 e. The second-order valence-electron chi connectivity index (χ2n) is 7.13. The molecule has 0 radical (unpaired) electrons. The van der Waals surface area contributed by atoms with Crippen molar-refractivity contribution in [3.05, 3.63) is 0 Å². The molecule has 2 aliphatic rings. The number of nitrogens with zero attached hydrogens (tertiary/aromatic N) is 1. The quantitative estimate of drug-likeness (QED) is 0.852. The van der Waals surface area contributed by atoms with E-state index in [2.05, 4.69) is 31.0 Å². The summed E-state index contributed by atoms with van der Waals surface area (Å²) in [6, 6.07) is 0.450. The summed E-state index contributed by atoms with van der Waals surface area (Å²) in [7, 11) is -2.98. The molecule has 0 amide bonds. The molecule has 20 heavy (non-hydrogen) atoms. The van der Waals surface area contributed by atoms with E-state index in [-0.39, 0.29) is 10.9 Å². The minimum absolute atomic E-state index is 0.133. The SMILES string of the molecule is CC(C)(C)NCC1CCC1N1CCSCC1S(C)(=O)=O. The summed E-state index contributed by atoms with van der Waals surface area (Å²) in [6.45, 7) is 8.44. The van der Waals surface area contributed by atoms with Gasteiger partial charge in [-0.15, -0.1) is 0 Å². The molecule has 0 bridgehead atoms. The molecule has 0 aromatic heterocycles. The van der Waals surface area contributed by atoms with E-state index in [4.69, 9.17) is 0 Å². The van der Waals surface area contributed by atoms with Gasteiger partial charge in [-0.2, -0.15) is 11.8 Å². The molecule has 6 heteroatoms. The summed E-state index contributed by atoms with van der Waals surface area (Å²) in [5.41, 5.74) is 0.133. The van der Waals surface area contributed by atoms with Crippen molar-refractivity contribution in [3.8, 4) is 0 Å². The van der Waals surface area contributed by atoms with Gasteiger partial charge in [0.25, 0.3) is 0 Å². The molecular weight excluding hydrogens is 292 g/mol. The van der Waals surface area contributed by atoms with E-state index in [9.17, 15) is 8.42 Å². The number of thioether (sulfide) groups is 1. The van der Waals surface area contributed by atoms with Crippen molar-refractivity contribution in [3.63, 3.8) is 0 Å². The fraction of sp³-hybridized carbons (Fsp3) is 1.00. The summed E-state index contributed by atoms with van der Waals surface area (Å²) in [6.07, 6.45) is 3.75. The highest BCUT2D eigenvalue weighted by Crippen LogP contribution is 2.36. The second kappa shape index (κ2) is 6.15. The minimum Gasteiger partial charge on any atom is -0.312 e. The molecule has 0 spiro atoms. The zero-order valence-electron chi connectivity index (χ0n) is 13.1. The maximum absolute atomic E-state index is 12.0. The van der Waals surface area contributed by atoms with Gasteiger partial charge in [-0.25, -0.2) is 8.42 Å². The molecule has 3 unspecified atom stereocenters. The summed E-state index contributed by atoms with van der Waals surface area (Å²) in [5, 5.41) is 3.29. The Labute approximate surface area is 128 Å². The fourth-order valence-electron chi connectivity index (χ4n) is 3.01. The molecule has 2 rings (SSSR count). The number of hydrogen-bond donors (Lipinski definition) is 1. The smallest absolute Gasteiger partial charge is 0.164 e. The van der Waals surface area contributed by atoms with Crippen LogP contribution in [-0.2, 0) is 9.84 Å². The average molecular weight is 321 g/mol. The van der Waals surface area contributed by atoms with E-state index in [1.54, 1.807) is 11.8 Å². The standard InChI is InChI=1S/C14H28N2O2S2/c1-14(2,3)15-9-11-5-6-12(11)16-7-8-19-10-13(16)20(4,17)18/h11-13,15H,5-10H2,1-4H3. The van der Waals surface area contributed by atoms with Gasteiger partial charge in [-0.05, 0) is 46.1 Å². The van der Waals surface area contributed by atoms with Gasteiger partial charge < -0.3 is 5.32 Å².